The second-order valence-electron chi connectivity index (χ2n) is 4.35. The van der Waals surface area contributed by atoms with Crippen molar-refractivity contribution in [2.24, 2.45) is 0 Å². The lowest BCUT2D eigenvalue weighted by molar-refractivity contribution is -0.127. The third-order valence-corrected chi connectivity index (χ3v) is 2.58. The van der Waals surface area contributed by atoms with Gasteiger partial charge in [-0.05, 0) is 0 Å². The van der Waals surface area contributed by atoms with Crippen LogP contribution in [0.25, 0.3) is 0 Å². The van der Waals surface area contributed by atoms with Crippen molar-refractivity contribution in [2.45, 2.75) is 42.7 Å². The van der Waals surface area contributed by atoms with Crippen molar-refractivity contribution >= 4 is 6.29 Å². The molecule has 0 aromatic heterocycles. The summed E-state index contributed by atoms with van der Waals surface area (Å²) < 4.78 is 0. The first kappa shape index (κ1) is 23.5. The van der Waals surface area contributed by atoms with Crippen molar-refractivity contribution in [1.82, 2.24) is 0 Å². The van der Waals surface area contributed by atoms with Gasteiger partial charge in [0.05, 0.1) is 19.8 Å². The number of aldehydes is 1. The van der Waals surface area contributed by atoms with Crippen LogP contribution in [-0.4, -0.2) is 120 Å². The van der Waals surface area contributed by atoms with Gasteiger partial charge in [-0.3, -0.25) is 0 Å². The molecule has 11 nitrogen and oxygen atoms in total. The maximum Gasteiger partial charge on any atom is 0.151 e. The van der Waals surface area contributed by atoms with Crippen LogP contribution >= 0.6 is 0 Å². The van der Waals surface area contributed by atoms with Crippen molar-refractivity contribution < 1.29 is 55.9 Å². The van der Waals surface area contributed by atoms with E-state index >= 15 is 0 Å². The van der Waals surface area contributed by atoms with Gasteiger partial charge in [0.25, 0.3) is 0 Å². The Hall–Kier alpha value is -0.730. The fourth-order valence-electron chi connectivity index (χ4n) is 1.09. The summed E-state index contributed by atoms with van der Waals surface area (Å²) in [7, 11) is 0. The minimum atomic E-state index is -1.67. The van der Waals surface area contributed by atoms with Crippen molar-refractivity contribution in [3.63, 3.8) is 0 Å². The van der Waals surface area contributed by atoms with Crippen LogP contribution in [-0.2, 0) is 4.79 Å². The molecule has 0 aliphatic carbocycles. The second kappa shape index (κ2) is 12.8. The van der Waals surface area contributed by atoms with E-state index in [0.717, 1.165) is 0 Å². The number of aliphatic hydroxyl groups is 10. The van der Waals surface area contributed by atoms with E-state index in [4.69, 9.17) is 51.1 Å². The van der Waals surface area contributed by atoms with E-state index in [9.17, 15) is 4.79 Å². The Bertz CT molecular complexity index is 263. The van der Waals surface area contributed by atoms with E-state index in [1.54, 1.807) is 0 Å². The highest BCUT2D eigenvalue weighted by Gasteiger charge is 2.29. The molecule has 0 rings (SSSR count). The Morgan fingerprint density at radius 2 is 0.864 bits per heavy atom. The monoisotopic (exact) mass is 332 g/mol. The maximum absolute atomic E-state index is 9.76. The van der Waals surface area contributed by atoms with Crippen LogP contribution in [0.1, 0.15) is 0 Å². The lowest BCUT2D eigenvalue weighted by Crippen LogP contribution is -2.46. The standard InChI is InChI=1S/C6H14O6.C5H10O5/c7-1-3(9)5(11)6(12)4(10)2-8;6-1-3(8)5(10)4(9)2-7/h3-12H,1-2H2;1,3-5,7-10H,2H2. The van der Waals surface area contributed by atoms with E-state index in [-0.39, 0.29) is 6.29 Å². The van der Waals surface area contributed by atoms with E-state index in [1.807, 2.05) is 0 Å². The summed E-state index contributed by atoms with van der Waals surface area (Å²) in [5.41, 5.74) is 0. The van der Waals surface area contributed by atoms with Crippen LogP contribution in [0.3, 0.4) is 0 Å². The van der Waals surface area contributed by atoms with Crippen LogP contribution in [0.2, 0.25) is 0 Å². The molecule has 0 aromatic rings. The number of carbonyl (C=O) groups excluding carboxylic acids is 1. The molecule has 7 atom stereocenters. The number of hydrogen-bond donors (Lipinski definition) is 10. The van der Waals surface area contributed by atoms with Gasteiger partial charge in [0, 0.05) is 0 Å². The van der Waals surface area contributed by atoms with E-state index < -0.39 is 62.5 Å². The smallest absolute Gasteiger partial charge is 0.151 e. The number of carbonyl (C=O) groups is 1. The molecule has 11 heteroatoms. The Kier molecular flexibility index (Phi) is 13.7. The second-order valence-corrected chi connectivity index (χ2v) is 4.35. The summed E-state index contributed by atoms with van der Waals surface area (Å²) >= 11 is 0. The Balaban J connectivity index is 0. The van der Waals surface area contributed by atoms with Gasteiger partial charge in [0.15, 0.2) is 6.29 Å². The molecule has 0 aliphatic rings. The highest BCUT2D eigenvalue weighted by atomic mass is 16.4. The van der Waals surface area contributed by atoms with Crippen LogP contribution in [0.4, 0.5) is 0 Å². The Labute approximate surface area is 125 Å². The first-order valence-electron chi connectivity index (χ1n) is 6.22. The molecular weight excluding hydrogens is 308 g/mol. The average molecular weight is 332 g/mol. The highest BCUT2D eigenvalue weighted by molar-refractivity contribution is 5.56. The lowest BCUT2D eigenvalue weighted by atomic mass is 10.0. The lowest BCUT2D eigenvalue weighted by Gasteiger charge is -2.24. The summed E-state index contributed by atoms with van der Waals surface area (Å²) in [5.74, 6) is 0. The van der Waals surface area contributed by atoms with E-state index in [2.05, 4.69) is 0 Å². The van der Waals surface area contributed by atoms with Crippen molar-refractivity contribution in [1.29, 1.82) is 0 Å². The summed E-state index contributed by atoms with van der Waals surface area (Å²) in [5, 5.41) is 86.2. The molecule has 0 spiro atoms. The SMILES string of the molecule is O=CC(O)C(O)C(O)CO.OCC(O)C(O)C(O)C(O)CO. The number of rotatable bonds is 9. The Morgan fingerprint density at radius 3 is 1.09 bits per heavy atom. The van der Waals surface area contributed by atoms with Gasteiger partial charge < -0.3 is 55.9 Å². The predicted molar refractivity (Wildman–Crippen MR) is 69.4 cm³/mol. The zero-order valence-electron chi connectivity index (χ0n) is 11.6. The third kappa shape index (κ3) is 8.65. The van der Waals surface area contributed by atoms with E-state index in [0.29, 0.717) is 0 Å². The third-order valence-electron chi connectivity index (χ3n) is 2.58. The summed E-state index contributed by atoms with van der Waals surface area (Å²) in [6, 6.07) is 0. The quantitative estimate of drug-likeness (QED) is 0.179. The largest absolute Gasteiger partial charge is 0.394 e. The van der Waals surface area contributed by atoms with Gasteiger partial charge in [-0.15, -0.1) is 0 Å². The summed E-state index contributed by atoms with van der Waals surface area (Å²) in [4.78, 5) is 9.76. The van der Waals surface area contributed by atoms with Gasteiger partial charge in [-0.2, -0.15) is 0 Å². The van der Waals surface area contributed by atoms with Crippen LogP contribution in [0.15, 0.2) is 0 Å². The van der Waals surface area contributed by atoms with Crippen molar-refractivity contribution in [3.8, 4) is 0 Å². The maximum atomic E-state index is 9.76. The van der Waals surface area contributed by atoms with Gasteiger partial charge in [0.1, 0.15) is 42.7 Å². The van der Waals surface area contributed by atoms with Crippen molar-refractivity contribution in [2.75, 3.05) is 19.8 Å². The van der Waals surface area contributed by atoms with Crippen LogP contribution in [0, 0.1) is 0 Å². The molecule has 0 bridgehead atoms. The molecule has 0 radical (unpaired) electrons. The molecular formula is C11H24O11. The van der Waals surface area contributed by atoms with Gasteiger partial charge in [-0.25, -0.2) is 0 Å². The van der Waals surface area contributed by atoms with Gasteiger partial charge >= 0.3 is 0 Å². The Morgan fingerprint density at radius 1 is 0.591 bits per heavy atom. The normalized spacial score (nSPS) is 20.6. The zero-order chi connectivity index (χ0) is 17.9. The molecule has 134 valence electrons. The molecule has 0 aromatic carbocycles. The van der Waals surface area contributed by atoms with Gasteiger partial charge in [0.2, 0.25) is 0 Å². The van der Waals surface area contributed by atoms with Crippen LogP contribution < -0.4 is 0 Å². The molecule has 22 heavy (non-hydrogen) atoms. The average Bonchev–Trinajstić information content (AvgIpc) is 2.56. The minimum absolute atomic E-state index is 0.0869. The fourth-order valence-corrected chi connectivity index (χ4v) is 1.09. The first-order valence-corrected chi connectivity index (χ1v) is 6.22. The summed E-state index contributed by atoms with van der Waals surface area (Å²) in [6.07, 6.45) is -11.0. The zero-order valence-corrected chi connectivity index (χ0v) is 11.6. The minimum Gasteiger partial charge on any atom is -0.394 e. The first-order chi connectivity index (χ1) is 10.2. The number of aliphatic hydroxyl groups excluding tert-OH is 10. The highest BCUT2D eigenvalue weighted by Crippen LogP contribution is 2.04. The summed E-state index contributed by atoms with van der Waals surface area (Å²) in [6.45, 7) is -2.14. The number of hydrogen-bond acceptors (Lipinski definition) is 11. The molecule has 0 aliphatic heterocycles. The molecule has 0 amide bonds. The van der Waals surface area contributed by atoms with Crippen molar-refractivity contribution in [3.05, 3.63) is 0 Å². The van der Waals surface area contributed by atoms with E-state index in [1.165, 1.54) is 0 Å². The molecule has 0 fully saturated rings. The fraction of sp³-hybridized carbons (Fsp3) is 0.909. The molecule has 7 unspecified atom stereocenters. The van der Waals surface area contributed by atoms with Gasteiger partial charge in [-0.1, -0.05) is 0 Å². The molecule has 10 N–H and O–H groups in total. The van der Waals surface area contributed by atoms with Crippen LogP contribution in [0.5, 0.6) is 0 Å². The molecule has 0 heterocycles. The topological polar surface area (TPSA) is 219 Å². The molecule has 0 saturated carbocycles. The predicted octanol–water partition coefficient (Wildman–Crippen LogP) is -6.33. The molecule has 0 saturated heterocycles.